The van der Waals surface area contributed by atoms with Gasteiger partial charge in [0.05, 0.1) is 6.61 Å². The monoisotopic (exact) mass is 331 g/mol. The third kappa shape index (κ3) is 4.08. The molecule has 1 amide bonds. The standard InChI is InChI=1S/C19H29N3O2/c20-10-3-13-24-17-7-5-15(6-8-17)19(23)22-12-2-1-4-16-14-21-11-9-18(16)22/h5-8,16,18,21H,1-4,9-14,20H2/t16-,18+/m0/s1. The highest BCUT2D eigenvalue weighted by atomic mass is 16.5. The molecule has 0 unspecified atom stereocenters. The Kier molecular flexibility index (Phi) is 6.10. The zero-order chi connectivity index (χ0) is 16.8. The van der Waals surface area contributed by atoms with E-state index >= 15 is 0 Å². The van der Waals surface area contributed by atoms with Crippen LogP contribution in [0.1, 0.15) is 42.5 Å². The van der Waals surface area contributed by atoms with Crippen LogP contribution in [0.2, 0.25) is 0 Å². The van der Waals surface area contributed by atoms with Crippen LogP contribution in [0.3, 0.4) is 0 Å². The minimum absolute atomic E-state index is 0.169. The van der Waals surface area contributed by atoms with E-state index < -0.39 is 0 Å². The quantitative estimate of drug-likeness (QED) is 0.810. The molecule has 0 radical (unpaired) electrons. The first-order chi connectivity index (χ1) is 11.8. The third-order valence-corrected chi connectivity index (χ3v) is 5.17. The number of benzene rings is 1. The number of amides is 1. The van der Waals surface area contributed by atoms with Crippen molar-refractivity contribution < 1.29 is 9.53 Å². The molecule has 2 saturated heterocycles. The molecule has 1 aromatic rings. The molecule has 3 N–H and O–H groups in total. The Hall–Kier alpha value is -1.59. The molecule has 2 fully saturated rings. The SMILES string of the molecule is NCCCOc1ccc(C(=O)N2CCCC[C@H]3CNCC[C@H]32)cc1. The van der Waals surface area contributed by atoms with E-state index in [0.29, 0.717) is 25.1 Å². The van der Waals surface area contributed by atoms with Gasteiger partial charge in [0.15, 0.2) is 0 Å². The van der Waals surface area contributed by atoms with Gasteiger partial charge in [0.25, 0.3) is 5.91 Å². The normalized spacial score (nSPS) is 24.1. The Morgan fingerprint density at radius 2 is 2.08 bits per heavy atom. The van der Waals surface area contributed by atoms with E-state index in [2.05, 4.69) is 10.2 Å². The molecule has 3 rings (SSSR count). The number of fused-ring (bicyclic) bond motifs is 1. The van der Waals surface area contributed by atoms with Crippen molar-refractivity contribution in [2.24, 2.45) is 11.7 Å². The van der Waals surface area contributed by atoms with Crippen LogP contribution in [0.5, 0.6) is 5.75 Å². The molecule has 2 aliphatic rings. The molecule has 0 aliphatic carbocycles. The third-order valence-electron chi connectivity index (χ3n) is 5.17. The lowest BCUT2D eigenvalue weighted by Crippen LogP contribution is -2.50. The minimum atomic E-state index is 0.169. The number of nitrogens with zero attached hydrogens (tertiary/aromatic N) is 1. The first-order valence-corrected chi connectivity index (χ1v) is 9.24. The predicted molar refractivity (Wildman–Crippen MR) is 95.3 cm³/mol. The first-order valence-electron chi connectivity index (χ1n) is 9.24. The van der Waals surface area contributed by atoms with Crippen molar-refractivity contribution in [3.63, 3.8) is 0 Å². The lowest BCUT2D eigenvalue weighted by Gasteiger charge is -2.38. The molecule has 0 bridgehead atoms. The predicted octanol–water partition coefficient (Wildman–Crippen LogP) is 2.02. The number of rotatable bonds is 5. The number of carbonyl (C=O) groups is 1. The van der Waals surface area contributed by atoms with E-state index in [-0.39, 0.29) is 5.91 Å². The molecule has 132 valence electrons. The summed E-state index contributed by atoms with van der Waals surface area (Å²) >= 11 is 0. The van der Waals surface area contributed by atoms with Gasteiger partial charge in [0, 0.05) is 18.2 Å². The van der Waals surface area contributed by atoms with Gasteiger partial charge in [-0.15, -0.1) is 0 Å². The number of carbonyl (C=O) groups excluding carboxylic acids is 1. The molecular weight excluding hydrogens is 302 g/mol. The molecule has 2 heterocycles. The van der Waals surface area contributed by atoms with Gasteiger partial charge in [0.2, 0.25) is 0 Å². The summed E-state index contributed by atoms with van der Waals surface area (Å²) in [7, 11) is 0. The van der Waals surface area contributed by atoms with Crippen LogP contribution < -0.4 is 15.8 Å². The zero-order valence-corrected chi connectivity index (χ0v) is 14.4. The Morgan fingerprint density at radius 1 is 1.25 bits per heavy atom. The molecule has 24 heavy (non-hydrogen) atoms. The van der Waals surface area contributed by atoms with Gasteiger partial charge in [-0.1, -0.05) is 6.42 Å². The molecule has 5 nitrogen and oxygen atoms in total. The van der Waals surface area contributed by atoms with Gasteiger partial charge < -0.3 is 20.7 Å². The number of likely N-dealkylation sites (tertiary alicyclic amines) is 1. The summed E-state index contributed by atoms with van der Waals surface area (Å²) < 4.78 is 5.62. The van der Waals surface area contributed by atoms with Crippen LogP contribution >= 0.6 is 0 Å². The van der Waals surface area contributed by atoms with E-state index in [0.717, 1.165) is 50.2 Å². The maximum atomic E-state index is 13.0. The van der Waals surface area contributed by atoms with Crippen LogP contribution in [0.4, 0.5) is 0 Å². The number of nitrogens with one attached hydrogen (secondary N) is 1. The molecular formula is C19H29N3O2. The number of piperidine rings is 1. The largest absolute Gasteiger partial charge is 0.494 e. The van der Waals surface area contributed by atoms with Crippen LogP contribution in [-0.2, 0) is 0 Å². The number of nitrogens with two attached hydrogens (primary N) is 1. The second-order valence-corrected chi connectivity index (χ2v) is 6.83. The van der Waals surface area contributed by atoms with E-state index in [4.69, 9.17) is 10.5 Å². The summed E-state index contributed by atoms with van der Waals surface area (Å²) in [6.07, 6.45) is 5.47. The summed E-state index contributed by atoms with van der Waals surface area (Å²) in [5.74, 6) is 1.57. The Labute approximate surface area is 144 Å². The highest BCUT2D eigenvalue weighted by molar-refractivity contribution is 5.94. The van der Waals surface area contributed by atoms with Crippen molar-refractivity contribution in [2.75, 3.05) is 32.8 Å². The fraction of sp³-hybridized carbons (Fsp3) is 0.632. The molecule has 1 aromatic carbocycles. The van der Waals surface area contributed by atoms with Crippen molar-refractivity contribution >= 4 is 5.91 Å². The first kappa shape index (κ1) is 17.2. The summed E-state index contributed by atoms with van der Waals surface area (Å²) in [5.41, 5.74) is 6.24. The summed E-state index contributed by atoms with van der Waals surface area (Å²) in [6.45, 7) is 4.19. The molecule has 0 aromatic heterocycles. The highest BCUT2D eigenvalue weighted by Gasteiger charge is 2.34. The van der Waals surface area contributed by atoms with Crippen molar-refractivity contribution in [2.45, 2.75) is 38.1 Å². The van der Waals surface area contributed by atoms with Gasteiger partial charge >= 0.3 is 0 Å². The van der Waals surface area contributed by atoms with Crippen molar-refractivity contribution in [3.05, 3.63) is 29.8 Å². The molecule has 5 heteroatoms. The summed E-state index contributed by atoms with van der Waals surface area (Å²) in [6, 6.07) is 7.95. The van der Waals surface area contributed by atoms with Gasteiger partial charge in [-0.3, -0.25) is 4.79 Å². The maximum absolute atomic E-state index is 13.0. The maximum Gasteiger partial charge on any atom is 0.254 e. The smallest absolute Gasteiger partial charge is 0.254 e. The fourth-order valence-electron chi connectivity index (χ4n) is 3.85. The van der Waals surface area contributed by atoms with Crippen molar-refractivity contribution in [1.29, 1.82) is 0 Å². The lowest BCUT2D eigenvalue weighted by atomic mass is 9.89. The second kappa shape index (κ2) is 8.49. The summed E-state index contributed by atoms with van der Waals surface area (Å²) in [5, 5.41) is 3.48. The number of hydrogen-bond donors (Lipinski definition) is 2. The Morgan fingerprint density at radius 3 is 2.88 bits per heavy atom. The molecule has 2 atom stereocenters. The topological polar surface area (TPSA) is 67.6 Å². The van der Waals surface area contributed by atoms with Gasteiger partial charge in [-0.05, 0) is 75.5 Å². The highest BCUT2D eigenvalue weighted by Crippen LogP contribution is 2.28. The average Bonchev–Trinajstić information content (AvgIpc) is 2.84. The van der Waals surface area contributed by atoms with E-state index in [1.807, 2.05) is 24.3 Å². The van der Waals surface area contributed by atoms with E-state index in [1.165, 1.54) is 12.8 Å². The van der Waals surface area contributed by atoms with E-state index in [1.54, 1.807) is 0 Å². The lowest BCUT2D eigenvalue weighted by molar-refractivity contribution is 0.0586. The van der Waals surface area contributed by atoms with Crippen LogP contribution in [0, 0.1) is 5.92 Å². The van der Waals surface area contributed by atoms with Crippen molar-refractivity contribution in [3.8, 4) is 5.75 Å². The molecule has 0 saturated carbocycles. The summed E-state index contributed by atoms with van der Waals surface area (Å²) in [4.78, 5) is 15.2. The van der Waals surface area contributed by atoms with Crippen LogP contribution in [0.25, 0.3) is 0 Å². The Balaban J connectivity index is 1.67. The van der Waals surface area contributed by atoms with E-state index in [9.17, 15) is 4.79 Å². The van der Waals surface area contributed by atoms with Crippen molar-refractivity contribution in [1.82, 2.24) is 10.2 Å². The number of ether oxygens (including phenoxy) is 1. The Bertz CT molecular complexity index is 532. The molecule has 0 spiro atoms. The molecule has 2 aliphatic heterocycles. The second-order valence-electron chi connectivity index (χ2n) is 6.83. The number of hydrogen-bond acceptors (Lipinski definition) is 4. The van der Waals surface area contributed by atoms with Gasteiger partial charge in [-0.2, -0.15) is 0 Å². The fourth-order valence-corrected chi connectivity index (χ4v) is 3.85. The average molecular weight is 331 g/mol. The van der Waals surface area contributed by atoms with Gasteiger partial charge in [0.1, 0.15) is 5.75 Å². The van der Waals surface area contributed by atoms with Crippen LogP contribution in [-0.4, -0.2) is 49.6 Å². The van der Waals surface area contributed by atoms with Crippen LogP contribution in [0.15, 0.2) is 24.3 Å². The minimum Gasteiger partial charge on any atom is -0.494 e. The zero-order valence-electron chi connectivity index (χ0n) is 14.4. The van der Waals surface area contributed by atoms with Gasteiger partial charge in [-0.25, -0.2) is 0 Å².